The molecule has 0 N–H and O–H groups in total. The zero-order valence-electron chi connectivity index (χ0n) is 14.0. The third-order valence-electron chi connectivity index (χ3n) is 3.95. The van der Waals surface area contributed by atoms with E-state index in [0.717, 1.165) is 23.0 Å². The Bertz CT molecular complexity index is 831. The van der Waals surface area contributed by atoms with Crippen molar-refractivity contribution in [2.24, 2.45) is 0 Å². The molecule has 0 heterocycles. The Morgan fingerprint density at radius 3 is 2.25 bits per heavy atom. The van der Waals surface area contributed by atoms with E-state index in [1.165, 1.54) is 11.1 Å². The first-order chi connectivity index (χ1) is 11.7. The minimum absolute atomic E-state index is 0.442. The number of benzene rings is 3. The van der Waals surface area contributed by atoms with Gasteiger partial charge in [0.15, 0.2) is 6.29 Å². The Hall–Kier alpha value is -2.87. The standard InChI is InChI=1S/C22H20O2/c1-16-11-17(2)13-19(12-16)20-9-6-10-22(21(20)14-23)24-15-18-7-4-3-5-8-18/h3-14H,15H2,1-2H3. The van der Waals surface area contributed by atoms with Crippen LogP contribution in [-0.2, 0) is 6.61 Å². The van der Waals surface area contributed by atoms with Crippen LogP contribution in [-0.4, -0.2) is 6.29 Å². The summed E-state index contributed by atoms with van der Waals surface area (Å²) in [7, 11) is 0. The van der Waals surface area contributed by atoms with E-state index in [9.17, 15) is 4.79 Å². The molecule has 0 spiro atoms. The number of aryl methyl sites for hydroxylation is 2. The molecule has 0 saturated heterocycles. The Labute approximate surface area is 142 Å². The third kappa shape index (κ3) is 3.54. The van der Waals surface area contributed by atoms with E-state index in [2.05, 4.69) is 32.0 Å². The first-order valence-electron chi connectivity index (χ1n) is 8.01. The number of rotatable bonds is 5. The van der Waals surface area contributed by atoms with Crippen molar-refractivity contribution in [2.45, 2.75) is 20.5 Å². The van der Waals surface area contributed by atoms with Gasteiger partial charge in [0.2, 0.25) is 0 Å². The van der Waals surface area contributed by atoms with Gasteiger partial charge in [0.25, 0.3) is 0 Å². The average molecular weight is 316 g/mol. The molecule has 0 radical (unpaired) electrons. The van der Waals surface area contributed by atoms with Gasteiger partial charge in [-0.05, 0) is 36.6 Å². The second-order valence-corrected chi connectivity index (χ2v) is 5.99. The molecule has 3 rings (SSSR count). The maximum Gasteiger partial charge on any atom is 0.154 e. The van der Waals surface area contributed by atoms with Gasteiger partial charge in [-0.25, -0.2) is 0 Å². The van der Waals surface area contributed by atoms with Gasteiger partial charge in [0.05, 0.1) is 5.56 Å². The van der Waals surface area contributed by atoms with Crippen molar-refractivity contribution in [3.05, 3.63) is 89.0 Å². The summed E-state index contributed by atoms with van der Waals surface area (Å²) in [5.74, 6) is 0.616. The maximum atomic E-state index is 11.7. The van der Waals surface area contributed by atoms with Crippen molar-refractivity contribution in [2.75, 3.05) is 0 Å². The molecule has 24 heavy (non-hydrogen) atoms. The van der Waals surface area contributed by atoms with Gasteiger partial charge in [-0.3, -0.25) is 4.79 Å². The molecule has 0 aromatic heterocycles. The zero-order valence-corrected chi connectivity index (χ0v) is 14.0. The minimum atomic E-state index is 0.442. The van der Waals surface area contributed by atoms with E-state index in [-0.39, 0.29) is 0 Å². The van der Waals surface area contributed by atoms with Crippen molar-refractivity contribution in [1.29, 1.82) is 0 Å². The van der Waals surface area contributed by atoms with Crippen LogP contribution in [0.1, 0.15) is 27.0 Å². The van der Waals surface area contributed by atoms with Crippen LogP contribution < -0.4 is 4.74 Å². The molecular formula is C22H20O2. The second-order valence-electron chi connectivity index (χ2n) is 5.99. The predicted molar refractivity (Wildman–Crippen MR) is 97.5 cm³/mol. The maximum absolute atomic E-state index is 11.7. The number of aldehydes is 1. The molecule has 0 atom stereocenters. The van der Waals surface area contributed by atoms with Crippen LogP contribution in [0.4, 0.5) is 0 Å². The topological polar surface area (TPSA) is 26.3 Å². The summed E-state index contributed by atoms with van der Waals surface area (Å²) in [6.45, 7) is 4.57. The summed E-state index contributed by atoms with van der Waals surface area (Å²) in [5.41, 5.74) is 5.97. The monoisotopic (exact) mass is 316 g/mol. The minimum Gasteiger partial charge on any atom is -0.488 e. The van der Waals surface area contributed by atoms with Gasteiger partial charge < -0.3 is 4.74 Å². The number of ether oxygens (including phenoxy) is 1. The molecule has 0 saturated carbocycles. The lowest BCUT2D eigenvalue weighted by Crippen LogP contribution is -2.00. The zero-order chi connectivity index (χ0) is 16.9. The normalized spacial score (nSPS) is 10.4. The van der Waals surface area contributed by atoms with Crippen molar-refractivity contribution in [1.82, 2.24) is 0 Å². The summed E-state index contributed by atoms with van der Waals surface area (Å²) < 4.78 is 5.91. The summed E-state index contributed by atoms with van der Waals surface area (Å²) in [6, 6.07) is 22.0. The first kappa shape index (κ1) is 16.0. The van der Waals surface area contributed by atoms with Gasteiger partial charge in [-0.2, -0.15) is 0 Å². The van der Waals surface area contributed by atoms with Crippen LogP contribution in [0.15, 0.2) is 66.7 Å². The SMILES string of the molecule is Cc1cc(C)cc(-c2cccc(OCc3ccccc3)c2C=O)c1. The Morgan fingerprint density at radius 1 is 0.875 bits per heavy atom. The lowest BCUT2D eigenvalue weighted by Gasteiger charge is -2.13. The molecule has 0 unspecified atom stereocenters. The highest BCUT2D eigenvalue weighted by molar-refractivity contribution is 5.91. The van der Waals surface area contributed by atoms with Crippen molar-refractivity contribution < 1.29 is 9.53 Å². The number of hydrogen-bond donors (Lipinski definition) is 0. The molecule has 0 amide bonds. The largest absolute Gasteiger partial charge is 0.488 e. The van der Waals surface area contributed by atoms with Gasteiger partial charge >= 0.3 is 0 Å². The van der Waals surface area contributed by atoms with E-state index >= 15 is 0 Å². The Balaban J connectivity index is 1.95. The van der Waals surface area contributed by atoms with Gasteiger partial charge in [0.1, 0.15) is 12.4 Å². The summed E-state index contributed by atoms with van der Waals surface area (Å²) in [6.07, 6.45) is 0.882. The first-order valence-corrected chi connectivity index (χ1v) is 8.01. The molecule has 0 aliphatic carbocycles. The Morgan fingerprint density at radius 2 is 1.58 bits per heavy atom. The fourth-order valence-electron chi connectivity index (χ4n) is 2.91. The van der Waals surface area contributed by atoms with E-state index in [4.69, 9.17) is 4.74 Å². The number of carbonyl (C=O) groups excluding carboxylic acids is 1. The van der Waals surface area contributed by atoms with E-state index in [1.807, 2.05) is 48.5 Å². The quantitative estimate of drug-likeness (QED) is 0.592. The van der Waals surface area contributed by atoms with E-state index in [0.29, 0.717) is 17.9 Å². The van der Waals surface area contributed by atoms with Gasteiger partial charge in [-0.1, -0.05) is 71.8 Å². The fourth-order valence-corrected chi connectivity index (χ4v) is 2.91. The lowest BCUT2D eigenvalue weighted by molar-refractivity contribution is 0.111. The van der Waals surface area contributed by atoms with Crippen LogP contribution in [0, 0.1) is 13.8 Å². The molecule has 0 aliphatic heterocycles. The van der Waals surface area contributed by atoms with Gasteiger partial charge in [-0.15, -0.1) is 0 Å². The fraction of sp³-hybridized carbons (Fsp3) is 0.136. The predicted octanol–water partition coefficient (Wildman–Crippen LogP) is 5.36. The van der Waals surface area contributed by atoms with Crippen LogP contribution in [0.5, 0.6) is 5.75 Å². The summed E-state index contributed by atoms with van der Waals surface area (Å²) >= 11 is 0. The van der Waals surface area contributed by atoms with E-state index in [1.54, 1.807) is 0 Å². The molecule has 3 aromatic rings. The Kier molecular flexibility index (Phi) is 4.76. The van der Waals surface area contributed by atoms with Crippen molar-refractivity contribution in [3.8, 4) is 16.9 Å². The second kappa shape index (κ2) is 7.14. The molecule has 2 nitrogen and oxygen atoms in total. The average Bonchev–Trinajstić information content (AvgIpc) is 2.59. The highest BCUT2D eigenvalue weighted by atomic mass is 16.5. The molecular weight excluding hydrogens is 296 g/mol. The lowest BCUT2D eigenvalue weighted by atomic mass is 9.96. The van der Waals surface area contributed by atoms with Crippen LogP contribution in [0.2, 0.25) is 0 Å². The third-order valence-corrected chi connectivity index (χ3v) is 3.95. The van der Waals surface area contributed by atoms with E-state index < -0.39 is 0 Å². The summed E-state index contributed by atoms with van der Waals surface area (Å²) in [4.78, 5) is 11.7. The smallest absolute Gasteiger partial charge is 0.154 e. The van der Waals surface area contributed by atoms with Crippen LogP contribution >= 0.6 is 0 Å². The van der Waals surface area contributed by atoms with Gasteiger partial charge in [0, 0.05) is 0 Å². The molecule has 0 aliphatic rings. The number of carbonyl (C=O) groups is 1. The molecule has 2 heteroatoms. The van der Waals surface area contributed by atoms with Crippen molar-refractivity contribution >= 4 is 6.29 Å². The highest BCUT2D eigenvalue weighted by Crippen LogP contribution is 2.31. The van der Waals surface area contributed by atoms with Crippen LogP contribution in [0.3, 0.4) is 0 Å². The molecule has 0 fully saturated rings. The molecule has 120 valence electrons. The van der Waals surface area contributed by atoms with Crippen molar-refractivity contribution in [3.63, 3.8) is 0 Å². The molecule has 0 bridgehead atoms. The number of hydrogen-bond acceptors (Lipinski definition) is 2. The molecule has 3 aromatic carbocycles. The van der Waals surface area contributed by atoms with Crippen LogP contribution in [0.25, 0.3) is 11.1 Å². The highest BCUT2D eigenvalue weighted by Gasteiger charge is 2.11. The summed E-state index contributed by atoms with van der Waals surface area (Å²) in [5, 5.41) is 0.